The highest BCUT2D eigenvalue weighted by molar-refractivity contribution is 7.99. The van der Waals surface area contributed by atoms with Gasteiger partial charge in [-0.1, -0.05) is 13.3 Å². The van der Waals surface area contributed by atoms with Gasteiger partial charge in [0.2, 0.25) is 5.91 Å². The van der Waals surface area contributed by atoms with E-state index in [1.807, 2.05) is 11.8 Å². The normalized spacial score (nSPS) is 29.5. The topological polar surface area (TPSA) is 41.6 Å². The molecule has 5 heteroatoms. The van der Waals surface area contributed by atoms with Crippen molar-refractivity contribution >= 4 is 17.7 Å². The Morgan fingerprint density at radius 3 is 2.95 bits per heavy atom. The zero-order valence-electron chi connectivity index (χ0n) is 13.5. The highest BCUT2D eigenvalue weighted by Crippen LogP contribution is 2.36. The van der Waals surface area contributed by atoms with E-state index in [1.54, 1.807) is 7.11 Å². The van der Waals surface area contributed by atoms with Crippen LogP contribution in [0.15, 0.2) is 0 Å². The fourth-order valence-electron chi connectivity index (χ4n) is 3.66. The number of methoxy groups -OCH3 is 1. The van der Waals surface area contributed by atoms with E-state index < -0.39 is 0 Å². The minimum atomic E-state index is -0.173. The van der Waals surface area contributed by atoms with Crippen molar-refractivity contribution in [3.05, 3.63) is 0 Å². The van der Waals surface area contributed by atoms with Crippen LogP contribution in [0, 0.1) is 5.41 Å². The Morgan fingerprint density at radius 2 is 2.38 bits per heavy atom. The van der Waals surface area contributed by atoms with Gasteiger partial charge in [-0.2, -0.15) is 11.8 Å². The predicted octanol–water partition coefficient (Wildman–Crippen LogP) is 2.14. The molecule has 2 unspecified atom stereocenters. The summed E-state index contributed by atoms with van der Waals surface area (Å²) in [5.41, 5.74) is -0.173. The number of thioether (sulfide) groups is 1. The number of hydrogen-bond acceptors (Lipinski definition) is 4. The maximum atomic E-state index is 13.3. The summed E-state index contributed by atoms with van der Waals surface area (Å²) < 4.78 is 5.25. The van der Waals surface area contributed by atoms with Crippen LogP contribution in [0.2, 0.25) is 0 Å². The summed E-state index contributed by atoms with van der Waals surface area (Å²) in [6, 6.07) is 0.410. The zero-order chi connectivity index (χ0) is 15.1. The van der Waals surface area contributed by atoms with E-state index >= 15 is 0 Å². The summed E-state index contributed by atoms with van der Waals surface area (Å²) in [6.45, 7) is 5.47. The molecule has 2 atom stereocenters. The van der Waals surface area contributed by atoms with E-state index in [4.69, 9.17) is 4.74 Å². The van der Waals surface area contributed by atoms with Crippen LogP contribution in [0.1, 0.15) is 39.0 Å². The minimum Gasteiger partial charge on any atom is -0.383 e. The number of rotatable bonds is 7. The summed E-state index contributed by atoms with van der Waals surface area (Å²) in [5.74, 6) is 2.65. The first-order valence-electron chi connectivity index (χ1n) is 8.32. The van der Waals surface area contributed by atoms with Gasteiger partial charge in [-0.3, -0.25) is 4.79 Å². The summed E-state index contributed by atoms with van der Waals surface area (Å²) in [7, 11) is 1.72. The Balaban J connectivity index is 2.12. The van der Waals surface area contributed by atoms with Crippen molar-refractivity contribution in [2.75, 3.05) is 44.9 Å². The van der Waals surface area contributed by atoms with Crippen molar-refractivity contribution < 1.29 is 9.53 Å². The molecule has 1 N–H and O–H groups in total. The summed E-state index contributed by atoms with van der Waals surface area (Å²) >= 11 is 1.97. The average molecular weight is 314 g/mol. The lowest BCUT2D eigenvalue weighted by Gasteiger charge is -2.42. The Bertz CT molecular complexity index is 321. The molecule has 0 spiro atoms. The number of nitrogens with zero attached hydrogens (tertiary/aromatic N) is 1. The van der Waals surface area contributed by atoms with E-state index in [9.17, 15) is 4.79 Å². The number of nitrogens with one attached hydrogen (secondary N) is 1. The van der Waals surface area contributed by atoms with Crippen LogP contribution < -0.4 is 5.32 Å². The number of amides is 1. The summed E-state index contributed by atoms with van der Waals surface area (Å²) in [4.78, 5) is 15.5. The van der Waals surface area contributed by atoms with Gasteiger partial charge in [-0.15, -0.1) is 0 Å². The molecule has 122 valence electrons. The molecule has 0 aromatic rings. The Hall–Kier alpha value is -0.260. The SMILES string of the molecule is CCCC1(C(=O)N(CCOC)C2CCSC2)CCCNC1. The number of carbonyl (C=O) groups excluding carboxylic acids is 1. The third-order valence-corrected chi connectivity index (χ3v) is 5.94. The molecule has 0 aromatic heterocycles. The van der Waals surface area contributed by atoms with Gasteiger partial charge in [0, 0.05) is 32.0 Å². The molecule has 0 aromatic carbocycles. The quantitative estimate of drug-likeness (QED) is 0.782. The standard InChI is InChI=1S/C16H30N2O2S/c1-3-6-16(7-4-8-17-13-16)15(19)18(9-10-20-2)14-5-11-21-12-14/h14,17H,3-13H2,1-2H3. The maximum absolute atomic E-state index is 13.3. The first-order chi connectivity index (χ1) is 10.2. The monoisotopic (exact) mass is 314 g/mol. The van der Waals surface area contributed by atoms with Crippen LogP contribution in [0.4, 0.5) is 0 Å². The van der Waals surface area contributed by atoms with Crippen LogP contribution in [0.5, 0.6) is 0 Å². The highest BCUT2D eigenvalue weighted by atomic mass is 32.2. The molecular weight excluding hydrogens is 284 g/mol. The highest BCUT2D eigenvalue weighted by Gasteiger charge is 2.43. The Kier molecular flexibility index (Phi) is 6.83. The van der Waals surface area contributed by atoms with Gasteiger partial charge in [0.25, 0.3) is 0 Å². The van der Waals surface area contributed by atoms with Crippen LogP contribution >= 0.6 is 11.8 Å². The van der Waals surface area contributed by atoms with Gasteiger partial charge in [0.15, 0.2) is 0 Å². The average Bonchev–Trinajstić information content (AvgIpc) is 3.03. The predicted molar refractivity (Wildman–Crippen MR) is 88.8 cm³/mol. The second kappa shape index (κ2) is 8.39. The first kappa shape index (κ1) is 17.1. The third-order valence-electron chi connectivity index (χ3n) is 4.80. The van der Waals surface area contributed by atoms with Crippen molar-refractivity contribution in [3.63, 3.8) is 0 Å². The van der Waals surface area contributed by atoms with Gasteiger partial charge in [0.1, 0.15) is 0 Å². The molecule has 0 radical (unpaired) electrons. The largest absolute Gasteiger partial charge is 0.383 e. The molecule has 2 aliphatic heterocycles. The lowest BCUT2D eigenvalue weighted by molar-refractivity contribution is -0.146. The molecular formula is C16H30N2O2S. The van der Waals surface area contributed by atoms with Gasteiger partial charge >= 0.3 is 0 Å². The fourth-order valence-corrected chi connectivity index (χ4v) is 4.89. The second-order valence-electron chi connectivity index (χ2n) is 6.32. The number of ether oxygens (including phenoxy) is 1. The number of piperidine rings is 1. The molecule has 2 saturated heterocycles. The third kappa shape index (κ3) is 4.14. The van der Waals surface area contributed by atoms with Crippen molar-refractivity contribution in [1.82, 2.24) is 10.2 Å². The minimum absolute atomic E-state index is 0.173. The molecule has 4 nitrogen and oxygen atoms in total. The molecule has 2 aliphatic rings. The molecule has 0 bridgehead atoms. The van der Waals surface area contributed by atoms with E-state index in [1.165, 1.54) is 5.75 Å². The van der Waals surface area contributed by atoms with Gasteiger partial charge in [0.05, 0.1) is 12.0 Å². The fraction of sp³-hybridized carbons (Fsp3) is 0.938. The van der Waals surface area contributed by atoms with Crippen molar-refractivity contribution in [2.45, 2.75) is 45.1 Å². The molecule has 21 heavy (non-hydrogen) atoms. The van der Waals surface area contributed by atoms with Crippen LogP contribution in [-0.4, -0.2) is 61.7 Å². The number of hydrogen-bond donors (Lipinski definition) is 1. The van der Waals surface area contributed by atoms with Crippen molar-refractivity contribution in [3.8, 4) is 0 Å². The Morgan fingerprint density at radius 1 is 1.52 bits per heavy atom. The van der Waals surface area contributed by atoms with Gasteiger partial charge < -0.3 is 15.0 Å². The van der Waals surface area contributed by atoms with E-state index in [0.717, 1.165) is 57.5 Å². The summed E-state index contributed by atoms with van der Waals surface area (Å²) in [5, 5.41) is 3.46. The van der Waals surface area contributed by atoms with Crippen LogP contribution in [-0.2, 0) is 9.53 Å². The second-order valence-corrected chi connectivity index (χ2v) is 7.47. The summed E-state index contributed by atoms with van der Waals surface area (Å²) in [6.07, 6.45) is 5.36. The van der Waals surface area contributed by atoms with E-state index in [-0.39, 0.29) is 5.41 Å². The first-order valence-corrected chi connectivity index (χ1v) is 9.47. The molecule has 0 saturated carbocycles. The van der Waals surface area contributed by atoms with Crippen LogP contribution in [0.25, 0.3) is 0 Å². The lowest BCUT2D eigenvalue weighted by atomic mass is 9.75. The van der Waals surface area contributed by atoms with Crippen LogP contribution in [0.3, 0.4) is 0 Å². The van der Waals surface area contributed by atoms with Gasteiger partial charge in [-0.25, -0.2) is 0 Å². The smallest absolute Gasteiger partial charge is 0.230 e. The molecule has 2 heterocycles. The molecule has 0 aliphatic carbocycles. The maximum Gasteiger partial charge on any atom is 0.230 e. The molecule has 2 rings (SSSR count). The van der Waals surface area contributed by atoms with Gasteiger partial charge in [-0.05, 0) is 38.0 Å². The van der Waals surface area contributed by atoms with E-state index in [2.05, 4.69) is 17.1 Å². The van der Waals surface area contributed by atoms with E-state index in [0.29, 0.717) is 18.6 Å². The zero-order valence-corrected chi connectivity index (χ0v) is 14.3. The molecule has 2 fully saturated rings. The Labute approximate surface area is 133 Å². The van der Waals surface area contributed by atoms with Crippen molar-refractivity contribution in [1.29, 1.82) is 0 Å². The lowest BCUT2D eigenvalue weighted by Crippen LogP contribution is -2.55. The molecule has 1 amide bonds. The number of carbonyl (C=O) groups is 1. The van der Waals surface area contributed by atoms with Crippen molar-refractivity contribution in [2.24, 2.45) is 5.41 Å².